The largest absolute Gasteiger partial charge is 0.468 e. The second kappa shape index (κ2) is 8.07. The highest BCUT2D eigenvalue weighted by molar-refractivity contribution is 7.80. The number of rotatable bonds is 5. The zero-order chi connectivity index (χ0) is 22.2. The lowest BCUT2D eigenvalue weighted by molar-refractivity contribution is -0.384. The molecular weight excluding hydrogens is 408 g/mol. The number of hydrogen-bond acceptors (Lipinski definition) is 6. The molecule has 1 aromatic carbocycles. The lowest BCUT2D eigenvalue weighted by Crippen LogP contribution is -2.36. The lowest BCUT2D eigenvalue weighted by atomic mass is 10.2. The Bertz CT molecular complexity index is 1090. The van der Waals surface area contributed by atoms with Crippen LogP contribution < -0.4 is 0 Å². The van der Waals surface area contributed by atoms with E-state index in [2.05, 4.69) is 4.74 Å². The van der Waals surface area contributed by atoms with Crippen molar-refractivity contribution in [2.45, 2.75) is 13.8 Å². The van der Waals surface area contributed by atoms with Crippen molar-refractivity contribution in [2.24, 2.45) is 0 Å². The Morgan fingerprint density at radius 3 is 2.47 bits per heavy atom. The van der Waals surface area contributed by atoms with E-state index in [-0.39, 0.29) is 23.3 Å². The molecule has 2 heterocycles. The van der Waals surface area contributed by atoms with E-state index in [1.165, 1.54) is 24.1 Å². The van der Waals surface area contributed by atoms with Gasteiger partial charge in [-0.2, -0.15) is 0 Å². The second-order valence-electron chi connectivity index (χ2n) is 6.77. The summed E-state index contributed by atoms with van der Waals surface area (Å²) in [5.74, 6) is -0.940. The number of aromatic nitrogens is 1. The smallest absolute Gasteiger partial charge is 0.325 e. The fraction of sp³-hybridized carbons (Fsp3) is 0.250. The molecule has 0 aliphatic carbocycles. The minimum Gasteiger partial charge on any atom is -0.468 e. The molecule has 1 saturated heterocycles. The van der Waals surface area contributed by atoms with Gasteiger partial charge < -0.3 is 14.2 Å². The summed E-state index contributed by atoms with van der Waals surface area (Å²) >= 11 is 5.30. The van der Waals surface area contributed by atoms with E-state index in [0.717, 1.165) is 22.6 Å². The highest BCUT2D eigenvalue weighted by atomic mass is 32.1. The van der Waals surface area contributed by atoms with Crippen LogP contribution in [0.3, 0.4) is 0 Å². The minimum absolute atomic E-state index is 0.0148. The van der Waals surface area contributed by atoms with Crippen molar-refractivity contribution in [3.8, 4) is 5.69 Å². The molecule has 1 amide bonds. The maximum atomic E-state index is 12.8. The van der Waals surface area contributed by atoms with Crippen LogP contribution in [-0.2, 0) is 14.3 Å². The first kappa shape index (κ1) is 21.2. The van der Waals surface area contributed by atoms with E-state index < -0.39 is 10.9 Å². The van der Waals surface area contributed by atoms with E-state index in [9.17, 15) is 19.7 Å². The number of benzene rings is 1. The maximum Gasteiger partial charge on any atom is 0.325 e. The number of hydrogen-bond donors (Lipinski definition) is 0. The highest BCUT2D eigenvalue weighted by Crippen LogP contribution is 2.27. The summed E-state index contributed by atoms with van der Waals surface area (Å²) in [5.41, 5.74) is 3.68. The third-order valence-corrected chi connectivity index (χ3v) is 5.43. The number of carbonyl (C=O) groups is 2. The average Bonchev–Trinajstić information content (AvgIpc) is 3.10. The lowest BCUT2D eigenvalue weighted by Gasteiger charge is -2.14. The van der Waals surface area contributed by atoms with E-state index in [1.807, 2.05) is 24.5 Å². The van der Waals surface area contributed by atoms with Crippen LogP contribution in [0.1, 0.15) is 17.0 Å². The van der Waals surface area contributed by atoms with Gasteiger partial charge in [0.1, 0.15) is 12.2 Å². The minimum atomic E-state index is -0.559. The zero-order valence-electron chi connectivity index (χ0n) is 16.9. The number of esters is 1. The Hall–Kier alpha value is -3.53. The van der Waals surface area contributed by atoms with E-state index in [4.69, 9.17) is 12.2 Å². The number of nitro groups is 1. The average molecular weight is 428 g/mol. The number of thiocarbonyl (C=S) groups is 1. The van der Waals surface area contributed by atoms with Crippen LogP contribution in [0.15, 0.2) is 36.0 Å². The molecule has 0 atom stereocenters. The number of aryl methyl sites for hydroxylation is 1. The molecule has 156 valence electrons. The third-order valence-electron chi connectivity index (χ3n) is 4.94. The van der Waals surface area contributed by atoms with Crippen LogP contribution in [0.25, 0.3) is 11.8 Å². The fourth-order valence-electron chi connectivity index (χ4n) is 3.35. The molecular formula is C20H20N4O5S. The van der Waals surface area contributed by atoms with Gasteiger partial charge in [-0.3, -0.25) is 24.6 Å². The first-order valence-electron chi connectivity index (χ1n) is 8.97. The Morgan fingerprint density at radius 2 is 1.90 bits per heavy atom. The molecule has 2 aromatic rings. The Kier molecular flexibility index (Phi) is 5.70. The number of ether oxygens (including phenoxy) is 1. The highest BCUT2D eigenvalue weighted by Gasteiger charge is 2.37. The number of carbonyl (C=O) groups excluding carboxylic acids is 2. The Balaban J connectivity index is 1.97. The van der Waals surface area contributed by atoms with E-state index in [1.54, 1.807) is 30.2 Å². The molecule has 30 heavy (non-hydrogen) atoms. The summed E-state index contributed by atoms with van der Waals surface area (Å²) in [7, 11) is 2.91. The van der Waals surface area contributed by atoms with Crippen molar-refractivity contribution < 1.29 is 19.2 Å². The normalized spacial score (nSPS) is 15.3. The van der Waals surface area contributed by atoms with Crippen molar-refractivity contribution >= 4 is 41.0 Å². The predicted molar refractivity (Wildman–Crippen MR) is 114 cm³/mol. The number of amides is 1. The molecule has 0 bridgehead atoms. The van der Waals surface area contributed by atoms with Crippen molar-refractivity contribution in [1.82, 2.24) is 14.4 Å². The SMILES string of the molecule is COC(=O)CN1C(=O)/C(=C/c2cc(C)n(-c3ccc([N+](=O)[O-])cc3)c2C)N(C)C1=S. The van der Waals surface area contributed by atoms with Crippen LogP contribution in [0, 0.1) is 24.0 Å². The topological polar surface area (TPSA) is 97.9 Å². The van der Waals surface area contributed by atoms with Crippen LogP contribution in [-0.4, -0.2) is 57.0 Å². The van der Waals surface area contributed by atoms with Crippen molar-refractivity contribution in [1.29, 1.82) is 0 Å². The second-order valence-corrected chi connectivity index (χ2v) is 7.14. The standard InChI is InChI=1S/C20H20N4O5S/c1-12-9-14(13(2)23(12)15-5-7-16(8-6-15)24(27)28)10-17-19(26)22(11-18(25)29-4)20(30)21(17)3/h5-10H,11H2,1-4H3/b17-10-. The number of methoxy groups -OCH3 is 1. The van der Waals surface area contributed by atoms with Crippen molar-refractivity contribution in [3.05, 3.63) is 63.1 Å². The Labute approximate surface area is 178 Å². The van der Waals surface area contributed by atoms with Crippen LogP contribution in [0.5, 0.6) is 0 Å². The summed E-state index contributed by atoms with van der Waals surface area (Å²) in [6.07, 6.45) is 1.72. The van der Waals surface area contributed by atoms with Gasteiger partial charge in [0, 0.05) is 36.3 Å². The summed E-state index contributed by atoms with van der Waals surface area (Å²) < 4.78 is 6.58. The molecule has 0 saturated carbocycles. The molecule has 0 unspecified atom stereocenters. The van der Waals surface area contributed by atoms with Gasteiger partial charge in [-0.1, -0.05) is 0 Å². The number of non-ortho nitro benzene ring substituents is 1. The van der Waals surface area contributed by atoms with Crippen LogP contribution in [0.4, 0.5) is 5.69 Å². The van der Waals surface area contributed by atoms with Crippen molar-refractivity contribution in [2.75, 3.05) is 20.7 Å². The molecule has 9 nitrogen and oxygen atoms in total. The van der Waals surface area contributed by atoms with E-state index in [0.29, 0.717) is 5.70 Å². The van der Waals surface area contributed by atoms with Gasteiger partial charge in [-0.15, -0.1) is 0 Å². The summed E-state index contributed by atoms with van der Waals surface area (Å²) in [4.78, 5) is 37.6. The molecule has 1 aliphatic heterocycles. The molecule has 1 aromatic heterocycles. The van der Waals surface area contributed by atoms with Gasteiger partial charge >= 0.3 is 5.97 Å². The molecule has 0 N–H and O–H groups in total. The fourth-order valence-corrected chi connectivity index (χ4v) is 3.59. The number of nitrogens with zero attached hydrogens (tertiary/aromatic N) is 4. The van der Waals surface area contributed by atoms with Gasteiger partial charge in [0.05, 0.1) is 12.0 Å². The van der Waals surface area contributed by atoms with Gasteiger partial charge in [0.2, 0.25) is 0 Å². The monoisotopic (exact) mass is 428 g/mol. The molecule has 1 fully saturated rings. The van der Waals surface area contributed by atoms with Crippen LogP contribution in [0.2, 0.25) is 0 Å². The number of likely N-dealkylation sites (N-methyl/N-ethyl adjacent to an activating group) is 1. The van der Waals surface area contributed by atoms with Crippen LogP contribution >= 0.6 is 12.2 Å². The summed E-state index contributed by atoms with van der Waals surface area (Å²) in [6.45, 7) is 3.55. The predicted octanol–water partition coefficient (Wildman–Crippen LogP) is 2.58. The molecule has 10 heteroatoms. The Morgan fingerprint density at radius 1 is 1.27 bits per heavy atom. The summed E-state index contributed by atoms with van der Waals surface area (Å²) in [5, 5.41) is 11.1. The van der Waals surface area contributed by atoms with E-state index >= 15 is 0 Å². The van der Waals surface area contributed by atoms with Gasteiger partial charge in [0.25, 0.3) is 11.6 Å². The molecule has 0 spiro atoms. The maximum absolute atomic E-state index is 12.8. The van der Waals surface area contributed by atoms with Crippen molar-refractivity contribution in [3.63, 3.8) is 0 Å². The number of nitro benzene ring substituents is 1. The molecule has 0 radical (unpaired) electrons. The first-order chi connectivity index (χ1) is 14.1. The third kappa shape index (κ3) is 3.69. The zero-order valence-corrected chi connectivity index (χ0v) is 17.7. The van der Waals surface area contributed by atoms with Gasteiger partial charge in [-0.05, 0) is 55.9 Å². The molecule has 1 aliphatic rings. The van der Waals surface area contributed by atoms with Gasteiger partial charge in [0.15, 0.2) is 5.11 Å². The first-order valence-corrected chi connectivity index (χ1v) is 9.38. The van der Waals surface area contributed by atoms with Gasteiger partial charge in [-0.25, -0.2) is 0 Å². The quantitative estimate of drug-likeness (QED) is 0.237. The summed E-state index contributed by atoms with van der Waals surface area (Å²) in [6, 6.07) is 8.16. The molecule has 3 rings (SSSR count).